The van der Waals surface area contributed by atoms with Gasteiger partial charge in [-0.15, -0.1) is 0 Å². The molecule has 2 aromatic rings. The van der Waals surface area contributed by atoms with Crippen LogP contribution in [0.4, 0.5) is 24.5 Å². The van der Waals surface area contributed by atoms with Crippen LogP contribution in [0, 0.1) is 19.4 Å². The van der Waals surface area contributed by atoms with Gasteiger partial charge in [0.2, 0.25) is 5.69 Å². The number of methoxy groups -OCH3 is 1. The summed E-state index contributed by atoms with van der Waals surface area (Å²) in [6.45, 7) is 9.93. The van der Waals surface area contributed by atoms with Gasteiger partial charge in [0.25, 0.3) is 0 Å². The molecular weight excluding hydrogens is 421 g/mol. The van der Waals surface area contributed by atoms with Crippen molar-refractivity contribution in [3.63, 3.8) is 0 Å². The van der Waals surface area contributed by atoms with Crippen LogP contribution in [0.15, 0.2) is 18.2 Å². The SMILES string of the molecule is [C-]#[N+]c1ccc(N2CCC(C(O)Cn3nc(C(F)(F)F)c(Cl)c3C)CC2)cc1OC. The van der Waals surface area contributed by atoms with E-state index in [1.165, 1.54) is 14.0 Å². The zero-order chi connectivity index (χ0) is 22.1. The molecule has 0 radical (unpaired) electrons. The molecular formula is C20H22ClF3N4O2. The van der Waals surface area contributed by atoms with E-state index >= 15 is 0 Å². The van der Waals surface area contributed by atoms with Crippen LogP contribution in [0.1, 0.15) is 24.2 Å². The third kappa shape index (κ3) is 4.50. The van der Waals surface area contributed by atoms with Crippen LogP contribution in [0.5, 0.6) is 5.75 Å². The lowest BCUT2D eigenvalue weighted by Crippen LogP contribution is -2.39. The Labute approximate surface area is 177 Å². The quantitative estimate of drug-likeness (QED) is 0.682. The Bertz CT molecular complexity index is 947. The summed E-state index contributed by atoms with van der Waals surface area (Å²) in [6.07, 6.45) is -4.11. The molecule has 6 nitrogen and oxygen atoms in total. The molecule has 0 spiro atoms. The van der Waals surface area contributed by atoms with E-state index in [4.69, 9.17) is 22.9 Å². The molecule has 0 aliphatic carbocycles. The predicted octanol–water partition coefficient (Wildman–Crippen LogP) is 4.70. The van der Waals surface area contributed by atoms with E-state index in [0.717, 1.165) is 10.4 Å². The smallest absolute Gasteiger partial charge is 0.436 e. The fourth-order valence-electron chi connectivity index (χ4n) is 3.71. The highest BCUT2D eigenvalue weighted by molar-refractivity contribution is 6.31. The molecule has 3 rings (SSSR count). The maximum absolute atomic E-state index is 13.0. The molecule has 1 aromatic heterocycles. The third-order valence-corrected chi connectivity index (χ3v) is 5.95. The summed E-state index contributed by atoms with van der Waals surface area (Å²) in [4.78, 5) is 5.55. The van der Waals surface area contributed by atoms with Crippen LogP contribution in [-0.2, 0) is 12.7 Å². The summed E-state index contributed by atoms with van der Waals surface area (Å²) in [5, 5.41) is 13.7. The van der Waals surface area contributed by atoms with Gasteiger partial charge >= 0.3 is 6.18 Å². The van der Waals surface area contributed by atoms with Crippen LogP contribution < -0.4 is 9.64 Å². The van der Waals surface area contributed by atoms with Crippen molar-refractivity contribution in [2.24, 2.45) is 5.92 Å². The first-order valence-electron chi connectivity index (χ1n) is 9.44. The van der Waals surface area contributed by atoms with E-state index in [9.17, 15) is 18.3 Å². The van der Waals surface area contributed by atoms with E-state index in [1.807, 2.05) is 12.1 Å². The van der Waals surface area contributed by atoms with Crippen LogP contribution in [0.3, 0.4) is 0 Å². The van der Waals surface area contributed by atoms with Crippen LogP contribution in [-0.4, -0.2) is 41.2 Å². The van der Waals surface area contributed by atoms with E-state index in [1.54, 1.807) is 6.07 Å². The Morgan fingerprint density at radius 2 is 2.03 bits per heavy atom. The van der Waals surface area contributed by atoms with Gasteiger partial charge in [-0.25, -0.2) is 4.85 Å². The van der Waals surface area contributed by atoms with Crippen molar-refractivity contribution in [1.82, 2.24) is 9.78 Å². The normalized spacial score (nSPS) is 16.4. The number of alkyl halides is 3. The number of halogens is 4. The molecule has 1 saturated heterocycles. The summed E-state index contributed by atoms with van der Waals surface area (Å²) in [7, 11) is 1.52. The number of anilines is 1. The Balaban J connectivity index is 1.64. The third-order valence-electron chi connectivity index (χ3n) is 5.49. The first kappa shape index (κ1) is 22.2. The molecule has 1 unspecified atom stereocenters. The number of aliphatic hydroxyl groups excluding tert-OH is 1. The lowest BCUT2D eigenvalue weighted by atomic mass is 9.91. The van der Waals surface area contributed by atoms with Crippen LogP contribution >= 0.6 is 11.6 Å². The topological polar surface area (TPSA) is 54.9 Å². The number of piperidine rings is 1. The van der Waals surface area contributed by atoms with Gasteiger partial charge in [-0.05, 0) is 37.8 Å². The Hall–Kier alpha value is -2.44. The number of benzene rings is 1. The van der Waals surface area contributed by atoms with Crippen molar-refractivity contribution >= 4 is 23.0 Å². The van der Waals surface area contributed by atoms with E-state index in [-0.39, 0.29) is 18.2 Å². The molecule has 10 heteroatoms. The number of aliphatic hydroxyl groups is 1. The molecule has 1 aliphatic heterocycles. The van der Waals surface area contributed by atoms with Gasteiger partial charge in [0.05, 0.1) is 37.0 Å². The highest BCUT2D eigenvalue weighted by atomic mass is 35.5. The maximum atomic E-state index is 13.0. The minimum Gasteiger partial charge on any atom is -0.508 e. The zero-order valence-electron chi connectivity index (χ0n) is 16.6. The molecule has 1 N–H and O–H groups in total. The highest BCUT2D eigenvalue weighted by Crippen LogP contribution is 2.36. The van der Waals surface area contributed by atoms with Crippen molar-refractivity contribution < 1.29 is 23.0 Å². The van der Waals surface area contributed by atoms with Gasteiger partial charge in [0.15, 0.2) is 5.69 Å². The predicted molar refractivity (Wildman–Crippen MR) is 107 cm³/mol. The standard InChI is InChI=1S/C20H22ClF3N4O2/c1-12-18(21)19(20(22,23)24)26-28(12)11-16(29)13-6-8-27(9-7-13)14-4-5-15(25-2)17(10-14)30-3/h4-5,10,13,16,29H,6-9,11H2,1,3H3. The second-order valence-corrected chi connectivity index (χ2v) is 7.67. The number of aromatic nitrogens is 2. The highest BCUT2D eigenvalue weighted by Gasteiger charge is 2.38. The molecule has 30 heavy (non-hydrogen) atoms. The van der Waals surface area contributed by atoms with E-state index in [2.05, 4.69) is 14.8 Å². The lowest BCUT2D eigenvalue weighted by Gasteiger charge is -2.36. The largest absolute Gasteiger partial charge is 0.508 e. The van der Waals surface area contributed by atoms with Gasteiger partial charge in [0.1, 0.15) is 5.75 Å². The van der Waals surface area contributed by atoms with Gasteiger partial charge in [0, 0.05) is 18.8 Å². The van der Waals surface area contributed by atoms with E-state index in [0.29, 0.717) is 37.4 Å². The van der Waals surface area contributed by atoms with Crippen molar-refractivity contribution in [2.75, 3.05) is 25.1 Å². The molecule has 0 bridgehead atoms. The van der Waals surface area contributed by atoms with Gasteiger partial charge in [-0.2, -0.15) is 18.3 Å². The Morgan fingerprint density at radius 1 is 1.37 bits per heavy atom. The minimum atomic E-state index is -4.63. The number of ether oxygens (including phenoxy) is 1. The molecule has 1 aliphatic rings. The number of nitrogens with zero attached hydrogens (tertiary/aromatic N) is 4. The monoisotopic (exact) mass is 442 g/mol. The number of hydrogen-bond donors (Lipinski definition) is 1. The summed E-state index contributed by atoms with van der Waals surface area (Å²) >= 11 is 5.78. The van der Waals surface area contributed by atoms with Crippen molar-refractivity contribution in [1.29, 1.82) is 0 Å². The minimum absolute atomic E-state index is 0.0418. The summed E-state index contributed by atoms with van der Waals surface area (Å²) in [5.41, 5.74) is 0.433. The molecule has 1 fully saturated rings. The zero-order valence-corrected chi connectivity index (χ0v) is 17.3. The second-order valence-electron chi connectivity index (χ2n) is 7.29. The lowest BCUT2D eigenvalue weighted by molar-refractivity contribution is -0.141. The van der Waals surface area contributed by atoms with Crippen molar-refractivity contribution in [2.45, 2.75) is 38.6 Å². The second kappa shape index (κ2) is 8.74. The fraction of sp³-hybridized carbons (Fsp3) is 0.500. The molecule has 0 amide bonds. The van der Waals surface area contributed by atoms with Crippen molar-refractivity contribution in [3.8, 4) is 5.75 Å². The fourth-order valence-corrected chi connectivity index (χ4v) is 3.95. The Morgan fingerprint density at radius 3 is 2.57 bits per heavy atom. The number of hydrogen-bond acceptors (Lipinski definition) is 4. The molecule has 2 heterocycles. The summed E-state index contributed by atoms with van der Waals surface area (Å²) in [6, 6.07) is 5.39. The van der Waals surface area contributed by atoms with Gasteiger partial charge < -0.3 is 14.7 Å². The summed E-state index contributed by atoms with van der Waals surface area (Å²) < 4.78 is 45.4. The summed E-state index contributed by atoms with van der Waals surface area (Å²) in [5.74, 6) is 0.443. The molecule has 1 aromatic carbocycles. The average molecular weight is 443 g/mol. The number of rotatable bonds is 5. The first-order valence-corrected chi connectivity index (χ1v) is 9.82. The molecule has 0 saturated carbocycles. The van der Waals surface area contributed by atoms with Gasteiger partial charge in [-0.3, -0.25) is 4.68 Å². The van der Waals surface area contributed by atoms with Crippen LogP contribution in [0.25, 0.3) is 4.85 Å². The van der Waals surface area contributed by atoms with E-state index < -0.39 is 23.0 Å². The molecule has 162 valence electrons. The first-order chi connectivity index (χ1) is 14.2. The van der Waals surface area contributed by atoms with Gasteiger partial charge in [-0.1, -0.05) is 17.7 Å². The van der Waals surface area contributed by atoms with Crippen LogP contribution in [0.2, 0.25) is 5.02 Å². The Kier molecular flexibility index (Phi) is 6.48. The maximum Gasteiger partial charge on any atom is 0.436 e. The average Bonchev–Trinajstić information content (AvgIpc) is 3.02. The molecule has 1 atom stereocenters. The van der Waals surface area contributed by atoms with Crippen molar-refractivity contribution in [3.05, 3.63) is 46.0 Å².